The number of hydrogen-bond donors (Lipinski definition) is 2. The van der Waals surface area contributed by atoms with Crippen molar-refractivity contribution < 1.29 is 19.1 Å². The number of alkyl carbamates (subject to hydrolysis) is 1. The van der Waals surface area contributed by atoms with Crippen molar-refractivity contribution in [1.82, 2.24) is 10.6 Å². The van der Waals surface area contributed by atoms with Gasteiger partial charge in [0.25, 0.3) is 0 Å². The quantitative estimate of drug-likeness (QED) is 0.875. The Morgan fingerprint density at radius 1 is 1.16 bits per heavy atom. The first-order chi connectivity index (χ1) is 12.2. The lowest BCUT2D eigenvalue weighted by Crippen LogP contribution is -2.43. The standard InChI is InChI=1S/C19H20N2O4/c1-24-15-9-7-14(8-10-15)16-11-20-18(22)17(16)21-19(23)25-12-13-5-3-2-4-6-13/h2-10,16-17H,11-12H2,1H3,(H,20,22)(H,21,23)/t16-,17-/m0/s1. The summed E-state index contributed by atoms with van der Waals surface area (Å²) in [6.45, 7) is 0.628. The molecule has 0 unspecified atom stereocenters. The molecule has 1 aliphatic heterocycles. The summed E-state index contributed by atoms with van der Waals surface area (Å²) in [5, 5.41) is 5.46. The Labute approximate surface area is 146 Å². The molecule has 0 bridgehead atoms. The number of amides is 2. The van der Waals surface area contributed by atoms with Crippen molar-refractivity contribution >= 4 is 12.0 Å². The third kappa shape index (κ3) is 4.09. The lowest BCUT2D eigenvalue weighted by Gasteiger charge is -2.18. The summed E-state index contributed by atoms with van der Waals surface area (Å²) >= 11 is 0. The van der Waals surface area contributed by atoms with Gasteiger partial charge < -0.3 is 20.1 Å². The van der Waals surface area contributed by atoms with E-state index in [0.717, 1.165) is 16.9 Å². The molecule has 130 valence electrons. The number of carbonyl (C=O) groups excluding carboxylic acids is 2. The predicted molar refractivity (Wildman–Crippen MR) is 92.3 cm³/mol. The highest BCUT2D eigenvalue weighted by Gasteiger charge is 2.37. The van der Waals surface area contributed by atoms with Crippen molar-refractivity contribution in [3.8, 4) is 5.75 Å². The molecule has 2 atom stereocenters. The molecule has 0 spiro atoms. The zero-order chi connectivity index (χ0) is 17.6. The van der Waals surface area contributed by atoms with Crippen molar-refractivity contribution in [2.75, 3.05) is 13.7 Å². The van der Waals surface area contributed by atoms with Crippen LogP contribution in [-0.2, 0) is 16.1 Å². The smallest absolute Gasteiger partial charge is 0.408 e. The van der Waals surface area contributed by atoms with Gasteiger partial charge in [-0.25, -0.2) is 4.79 Å². The second-order valence-corrected chi connectivity index (χ2v) is 5.81. The summed E-state index contributed by atoms with van der Waals surface area (Å²) < 4.78 is 10.4. The van der Waals surface area contributed by atoms with Crippen LogP contribution in [0.15, 0.2) is 54.6 Å². The maximum absolute atomic E-state index is 12.1. The molecule has 2 amide bonds. The minimum absolute atomic E-state index is 0.150. The fraction of sp³-hybridized carbons (Fsp3) is 0.263. The van der Waals surface area contributed by atoms with E-state index in [1.165, 1.54) is 0 Å². The lowest BCUT2D eigenvalue weighted by molar-refractivity contribution is -0.120. The average molecular weight is 340 g/mol. The van der Waals surface area contributed by atoms with Crippen LogP contribution in [0.5, 0.6) is 5.75 Å². The number of hydrogen-bond acceptors (Lipinski definition) is 4. The first-order valence-electron chi connectivity index (χ1n) is 8.06. The molecule has 2 aromatic carbocycles. The topological polar surface area (TPSA) is 76.7 Å². The van der Waals surface area contributed by atoms with E-state index in [1.807, 2.05) is 54.6 Å². The number of ether oxygens (including phenoxy) is 2. The van der Waals surface area contributed by atoms with Gasteiger partial charge in [0, 0.05) is 12.5 Å². The zero-order valence-corrected chi connectivity index (χ0v) is 13.9. The van der Waals surface area contributed by atoms with Crippen LogP contribution in [0.4, 0.5) is 4.79 Å². The molecule has 2 aromatic rings. The molecular formula is C19H20N2O4. The van der Waals surface area contributed by atoms with E-state index in [2.05, 4.69) is 10.6 Å². The Balaban J connectivity index is 1.62. The molecule has 1 fully saturated rings. The Morgan fingerprint density at radius 3 is 2.56 bits per heavy atom. The highest BCUT2D eigenvalue weighted by atomic mass is 16.5. The van der Waals surface area contributed by atoms with Crippen LogP contribution in [0, 0.1) is 0 Å². The van der Waals surface area contributed by atoms with Crippen LogP contribution in [-0.4, -0.2) is 31.7 Å². The summed E-state index contributed by atoms with van der Waals surface area (Å²) in [5.74, 6) is 0.382. The highest BCUT2D eigenvalue weighted by Crippen LogP contribution is 2.25. The van der Waals surface area contributed by atoms with Crippen molar-refractivity contribution in [3.05, 3.63) is 65.7 Å². The number of methoxy groups -OCH3 is 1. The van der Waals surface area contributed by atoms with Crippen molar-refractivity contribution in [2.24, 2.45) is 0 Å². The van der Waals surface area contributed by atoms with Gasteiger partial charge in [-0.15, -0.1) is 0 Å². The van der Waals surface area contributed by atoms with Gasteiger partial charge in [-0.3, -0.25) is 4.79 Å². The van der Waals surface area contributed by atoms with Gasteiger partial charge in [-0.2, -0.15) is 0 Å². The Bertz CT molecular complexity index is 731. The van der Waals surface area contributed by atoms with E-state index in [0.29, 0.717) is 6.54 Å². The molecule has 6 nitrogen and oxygen atoms in total. The van der Waals surface area contributed by atoms with Crippen molar-refractivity contribution in [3.63, 3.8) is 0 Å². The largest absolute Gasteiger partial charge is 0.497 e. The third-order valence-corrected chi connectivity index (χ3v) is 4.21. The second kappa shape index (κ2) is 7.70. The number of nitrogens with one attached hydrogen (secondary N) is 2. The summed E-state index contributed by atoms with van der Waals surface area (Å²) in [6.07, 6.45) is -0.607. The van der Waals surface area contributed by atoms with Crippen molar-refractivity contribution in [1.29, 1.82) is 0 Å². The Kier molecular flexibility index (Phi) is 5.18. The lowest BCUT2D eigenvalue weighted by atomic mass is 9.94. The summed E-state index contributed by atoms with van der Waals surface area (Å²) in [7, 11) is 1.60. The van der Waals surface area contributed by atoms with Crippen LogP contribution in [0.3, 0.4) is 0 Å². The SMILES string of the molecule is COc1ccc([C@@H]2CNC(=O)[C@H]2NC(=O)OCc2ccccc2)cc1. The average Bonchev–Trinajstić information content (AvgIpc) is 3.01. The fourth-order valence-electron chi connectivity index (χ4n) is 2.84. The molecular weight excluding hydrogens is 320 g/mol. The molecule has 0 saturated carbocycles. The molecule has 1 saturated heterocycles. The van der Waals surface area contributed by atoms with E-state index >= 15 is 0 Å². The Morgan fingerprint density at radius 2 is 1.88 bits per heavy atom. The van der Waals surface area contributed by atoms with Crippen LogP contribution < -0.4 is 15.4 Å². The van der Waals surface area contributed by atoms with E-state index in [-0.39, 0.29) is 18.4 Å². The maximum atomic E-state index is 12.1. The highest BCUT2D eigenvalue weighted by molar-refractivity contribution is 5.89. The third-order valence-electron chi connectivity index (χ3n) is 4.21. The van der Waals surface area contributed by atoms with Gasteiger partial charge >= 0.3 is 6.09 Å². The van der Waals surface area contributed by atoms with E-state index in [1.54, 1.807) is 7.11 Å². The fourth-order valence-corrected chi connectivity index (χ4v) is 2.84. The van der Waals surface area contributed by atoms with Gasteiger partial charge in [0.2, 0.25) is 5.91 Å². The molecule has 0 aliphatic carbocycles. The van der Waals surface area contributed by atoms with Gasteiger partial charge in [-0.1, -0.05) is 42.5 Å². The molecule has 3 rings (SSSR count). The van der Waals surface area contributed by atoms with Gasteiger partial charge in [0.1, 0.15) is 18.4 Å². The number of rotatable bonds is 5. The van der Waals surface area contributed by atoms with Crippen molar-refractivity contribution in [2.45, 2.75) is 18.6 Å². The predicted octanol–water partition coefficient (Wildman–Crippen LogP) is 2.20. The minimum Gasteiger partial charge on any atom is -0.497 e. The van der Waals surface area contributed by atoms with Crippen LogP contribution in [0.25, 0.3) is 0 Å². The number of carbonyl (C=O) groups is 2. The monoisotopic (exact) mass is 340 g/mol. The summed E-state index contributed by atoms with van der Waals surface area (Å²) in [6, 6.07) is 16.2. The second-order valence-electron chi connectivity index (χ2n) is 5.81. The molecule has 0 aromatic heterocycles. The molecule has 25 heavy (non-hydrogen) atoms. The molecule has 1 aliphatic rings. The Hall–Kier alpha value is -3.02. The normalized spacial score (nSPS) is 19.2. The molecule has 0 radical (unpaired) electrons. The van der Waals surface area contributed by atoms with E-state index in [9.17, 15) is 9.59 Å². The number of benzene rings is 2. The van der Waals surface area contributed by atoms with Crippen LogP contribution in [0.2, 0.25) is 0 Å². The molecule has 6 heteroatoms. The summed E-state index contributed by atoms with van der Waals surface area (Å²) in [4.78, 5) is 24.1. The zero-order valence-electron chi connectivity index (χ0n) is 13.9. The first kappa shape index (κ1) is 16.8. The van der Waals surface area contributed by atoms with Gasteiger partial charge in [-0.05, 0) is 23.3 Å². The van der Waals surface area contributed by atoms with Gasteiger partial charge in [0.15, 0.2) is 0 Å². The molecule has 2 N–H and O–H groups in total. The maximum Gasteiger partial charge on any atom is 0.408 e. The first-order valence-corrected chi connectivity index (χ1v) is 8.06. The van der Waals surface area contributed by atoms with E-state index < -0.39 is 12.1 Å². The van der Waals surface area contributed by atoms with Crippen LogP contribution >= 0.6 is 0 Å². The molecule has 1 heterocycles. The minimum atomic E-state index is -0.656. The van der Waals surface area contributed by atoms with Gasteiger partial charge in [0.05, 0.1) is 7.11 Å². The van der Waals surface area contributed by atoms with Crippen LogP contribution in [0.1, 0.15) is 17.0 Å². The summed E-state index contributed by atoms with van der Waals surface area (Å²) in [5.41, 5.74) is 1.84. The van der Waals surface area contributed by atoms with E-state index in [4.69, 9.17) is 9.47 Å².